The van der Waals surface area contributed by atoms with Gasteiger partial charge in [0.1, 0.15) is 11.9 Å². The maximum Gasteiger partial charge on any atom is 0.146 e. The minimum Gasteiger partial charge on any atom is -0.352 e. The normalized spacial score (nSPS) is 9.89. The van der Waals surface area contributed by atoms with Crippen LogP contribution < -0.4 is 5.32 Å². The van der Waals surface area contributed by atoms with Crippen LogP contribution in [-0.4, -0.2) is 0 Å². The van der Waals surface area contributed by atoms with E-state index in [0.29, 0.717) is 21.4 Å². The fourth-order valence-electron chi connectivity index (χ4n) is 1.48. The van der Waals surface area contributed by atoms with Crippen LogP contribution in [-0.2, 0) is 0 Å². The van der Waals surface area contributed by atoms with Crippen molar-refractivity contribution in [2.24, 2.45) is 0 Å². The van der Waals surface area contributed by atoms with Gasteiger partial charge in [-0.25, -0.2) is 4.39 Å². The molecule has 2 nitrogen and oxygen atoms in total. The van der Waals surface area contributed by atoms with Crippen molar-refractivity contribution in [2.75, 3.05) is 5.32 Å². The Kier molecular flexibility index (Phi) is 4.00. The summed E-state index contributed by atoms with van der Waals surface area (Å²) in [5.41, 5.74) is 1.32. The molecule has 0 bridgehead atoms. The zero-order chi connectivity index (χ0) is 13.1. The number of anilines is 2. The molecule has 0 amide bonds. The summed E-state index contributed by atoms with van der Waals surface area (Å²) in [5, 5.41) is 12.0. The second-order valence-electron chi connectivity index (χ2n) is 3.52. The lowest BCUT2D eigenvalue weighted by Crippen LogP contribution is -1.96. The lowest BCUT2D eigenvalue weighted by molar-refractivity contribution is 0.631. The third-order valence-corrected chi connectivity index (χ3v) is 3.48. The van der Waals surface area contributed by atoms with Crippen LogP contribution in [0.4, 0.5) is 15.8 Å². The molecular formula is C13H7Br2FN2. The Balaban J connectivity index is 2.44. The number of rotatable bonds is 2. The van der Waals surface area contributed by atoms with Gasteiger partial charge in [-0.3, -0.25) is 0 Å². The minimum atomic E-state index is -0.373. The summed E-state index contributed by atoms with van der Waals surface area (Å²) in [4.78, 5) is 0. The van der Waals surface area contributed by atoms with Crippen molar-refractivity contribution < 1.29 is 4.39 Å². The zero-order valence-corrected chi connectivity index (χ0v) is 12.2. The van der Waals surface area contributed by atoms with Crippen LogP contribution in [0.5, 0.6) is 0 Å². The molecule has 0 saturated carbocycles. The van der Waals surface area contributed by atoms with E-state index >= 15 is 0 Å². The van der Waals surface area contributed by atoms with Gasteiger partial charge in [0.2, 0.25) is 0 Å². The predicted molar refractivity (Wildman–Crippen MR) is 76.2 cm³/mol. The minimum absolute atomic E-state index is 0.318. The quantitative estimate of drug-likeness (QED) is 0.811. The van der Waals surface area contributed by atoms with Crippen molar-refractivity contribution in [1.29, 1.82) is 5.26 Å². The monoisotopic (exact) mass is 368 g/mol. The van der Waals surface area contributed by atoms with Crippen LogP contribution in [0.3, 0.4) is 0 Å². The van der Waals surface area contributed by atoms with Crippen molar-refractivity contribution in [3.63, 3.8) is 0 Å². The lowest BCUT2D eigenvalue weighted by Gasteiger charge is -2.10. The van der Waals surface area contributed by atoms with Gasteiger partial charge < -0.3 is 5.32 Å². The molecule has 18 heavy (non-hydrogen) atoms. The van der Waals surface area contributed by atoms with Crippen molar-refractivity contribution >= 4 is 43.2 Å². The molecule has 0 saturated heterocycles. The average molecular weight is 370 g/mol. The third kappa shape index (κ3) is 2.71. The van der Waals surface area contributed by atoms with Crippen LogP contribution in [0.2, 0.25) is 0 Å². The smallest absolute Gasteiger partial charge is 0.146 e. The van der Waals surface area contributed by atoms with E-state index in [4.69, 9.17) is 5.26 Å². The zero-order valence-electron chi connectivity index (χ0n) is 9.05. The molecular weight excluding hydrogens is 363 g/mol. The van der Waals surface area contributed by atoms with Gasteiger partial charge in [0.05, 0.1) is 16.9 Å². The highest BCUT2D eigenvalue weighted by Crippen LogP contribution is 2.29. The Morgan fingerprint density at radius 3 is 2.61 bits per heavy atom. The second-order valence-corrected chi connectivity index (χ2v) is 5.29. The van der Waals surface area contributed by atoms with Crippen molar-refractivity contribution in [2.45, 2.75) is 0 Å². The first kappa shape index (κ1) is 13.1. The van der Waals surface area contributed by atoms with Gasteiger partial charge in [-0.2, -0.15) is 5.26 Å². The molecule has 0 aliphatic heterocycles. The molecule has 0 aliphatic carbocycles. The van der Waals surface area contributed by atoms with Crippen LogP contribution in [0.15, 0.2) is 45.3 Å². The summed E-state index contributed by atoms with van der Waals surface area (Å²) in [5.74, 6) is -0.373. The molecule has 0 spiro atoms. The first-order valence-electron chi connectivity index (χ1n) is 5.02. The Bertz CT molecular complexity index is 635. The van der Waals surface area contributed by atoms with E-state index in [1.165, 1.54) is 6.07 Å². The molecule has 2 rings (SSSR count). The van der Waals surface area contributed by atoms with E-state index in [9.17, 15) is 4.39 Å². The van der Waals surface area contributed by atoms with Gasteiger partial charge in [0.15, 0.2) is 0 Å². The first-order chi connectivity index (χ1) is 8.61. The summed E-state index contributed by atoms with van der Waals surface area (Å²) in [7, 11) is 0. The standard InChI is InChI=1S/C13H7Br2FN2/c14-8-4-5-11(16)13(6-8)18-12-3-1-2-10(15)9(12)7-17/h1-6,18H. The molecule has 5 heteroatoms. The van der Waals surface area contributed by atoms with E-state index in [0.717, 1.165) is 4.47 Å². The topological polar surface area (TPSA) is 35.8 Å². The molecule has 0 fully saturated rings. The molecule has 2 aromatic carbocycles. The Hall–Kier alpha value is -1.38. The Morgan fingerprint density at radius 2 is 1.89 bits per heavy atom. The predicted octanol–water partition coefficient (Wildman–Crippen LogP) is 4.97. The maximum atomic E-state index is 13.6. The molecule has 0 aromatic heterocycles. The van der Waals surface area contributed by atoms with Gasteiger partial charge in [-0.05, 0) is 46.3 Å². The highest BCUT2D eigenvalue weighted by atomic mass is 79.9. The first-order valence-corrected chi connectivity index (χ1v) is 6.61. The van der Waals surface area contributed by atoms with Crippen molar-refractivity contribution in [3.8, 4) is 6.07 Å². The van der Waals surface area contributed by atoms with Crippen molar-refractivity contribution in [3.05, 3.63) is 56.7 Å². The SMILES string of the molecule is N#Cc1c(Br)cccc1Nc1cc(Br)ccc1F. The molecule has 0 aliphatic rings. The molecule has 0 atom stereocenters. The molecule has 0 unspecified atom stereocenters. The van der Waals surface area contributed by atoms with E-state index in [1.807, 2.05) is 0 Å². The number of nitriles is 1. The van der Waals surface area contributed by atoms with Gasteiger partial charge in [-0.1, -0.05) is 22.0 Å². The molecule has 2 aromatic rings. The van der Waals surface area contributed by atoms with Crippen LogP contribution >= 0.6 is 31.9 Å². The van der Waals surface area contributed by atoms with Gasteiger partial charge >= 0.3 is 0 Å². The summed E-state index contributed by atoms with van der Waals surface area (Å²) in [6.07, 6.45) is 0. The highest BCUT2D eigenvalue weighted by molar-refractivity contribution is 9.10. The van der Waals surface area contributed by atoms with Crippen LogP contribution in [0.1, 0.15) is 5.56 Å². The van der Waals surface area contributed by atoms with Crippen LogP contribution in [0.25, 0.3) is 0 Å². The van der Waals surface area contributed by atoms with E-state index in [2.05, 4.69) is 43.2 Å². The Morgan fingerprint density at radius 1 is 1.11 bits per heavy atom. The van der Waals surface area contributed by atoms with E-state index in [1.54, 1.807) is 30.3 Å². The third-order valence-electron chi connectivity index (χ3n) is 2.32. The fourth-order valence-corrected chi connectivity index (χ4v) is 2.30. The molecule has 1 N–H and O–H groups in total. The Labute approximate surface area is 121 Å². The van der Waals surface area contributed by atoms with Crippen LogP contribution in [0, 0.1) is 17.1 Å². The summed E-state index contributed by atoms with van der Waals surface area (Å²) in [6, 6.07) is 11.9. The lowest BCUT2D eigenvalue weighted by atomic mass is 10.2. The number of halogens is 3. The summed E-state index contributed by atoms with van der Waals surface area (Å²) >= 11 is 6.57. The molecule has 0 radical (unpaired) electrons. The average Bonchev–Trinajstić information content (AvgIpc) is 2.34. The number of benzene rings is 2. The maximum absolute atomic E-state index is 13.6. The van der Waals surface area contributed by atoms with Crippen molar-refractivity contribution in [1.82, 2.24) is 0 Å². The molecule has 90 valence electrons. The highest BCUT2D eigenvalue weighted by Gasteiger charge is 2.08. The summed E-state index contributed by atoms with van der Waals surface area (Å²) in [6.45, 7) is 0. The van der Waals surface area contributed by atoms with E-state index < -0.39 is 0 Å². The number of hydrogen-bond donors (Lipinski definition) is 1. The number of nitrogens with zero attached hydrogens (tertiary/aromatic N) is 1. The fraction of sp³-hybridized carbons (Fsp3) is 0. The summed E-state index contributed by atoms with van der Waals surface area (Å²) < 4.78 is 15.0. The number of hydrogen-bond acceptors (Lipinski definition) is 2. The van der Waals surface area contributed by atoms with E-state index in [-0.39, 0.29) is 5.82 Å². The largest absolute Gasteiger partial charge is 0.352 e. The van der Waals surface area contributed by atoms with Gasteiger partial charge in [0, 0.05) is 8.95 Å². The second kappa shape index (κ2) is 5.51. The number of nitrogens with one attached hydrogen (secondary N) is 1. The molecule has 0 heterocycles. The van der Waals surface area contributed by atoms with Gasteiger partial charge in [-0.15, -0.1) is 0 Å². The van der Waals surface area contributed by atoms with Gasteiger partial charge in [0.25, 0.3) is 0 Å².